The molecule has 2 heterocycles. The number of nitrogens with one attached hydrogen (secondary N) is 1. The van der Waals surface area contributed by atoms with E-state index in [1.54, 1.807) is 0 Å². The molecular weight excluding hydrogens is 445 g/mol. The molecule has 0 saturated carbocycles. The number of nitrogens with zero attached hydrogens (tertiary/aromatic N) is 2. The van der Waals surface area contributed by atoms with Gasteiger partial charge in [-0.15, -0.1) is 24.0 Å². The highest BCUT2D eigenvalue weighted by Crippen LogP contribution is 2.34. The van der Waals surface area contributed by atoms with Crippen molar-refractivity contribution in [2.24, 2.45) is 10.9 Å². The molecule has 0 aliphatic carbocycles. The van der Waals surface area contributed by atoms with Crippen molar-refractivity contribution in [2.75, 3.05) is 39.0 Å². The fourth-order valence-electron chi connectivity index (χ4n) is 3.61. The van der Waals surface area contributed by atoms with Crippen LogP contribution >= 0.6 is 35.7 Å². The summed E-state index contributed by atoms with van der Waals surface area (Å²) in [5.41, 5.74) is 1.28. The monoisotopic (exact) mass is 475 g/mol. The van der Waals surface area contributed by atoms with E-state index < -0.39 is 0 Å². The van der Waals surface area contributed by atoms with Gasteiger partial charge in [0.2, 0.25) is 0 Å². The van der Waals surface area contributed by atoms with Gasteiger partial charge >= 0.3 is 0 Å². The van der Waals surface area contributed by atoms with Gasteiger partial charge in [-0.25, -0.2) is 0 Å². The zero-order valence-electron chi connectivity index (χ0n) is 15.4. The summed E-state index contributed by atoms with van der Waals surface area (Å²) in [6.45, 7) is 8.49. The van der Waals surface area contributed by atoms with Gasteiger partial charge in [0.1, 0.15) is 0 Å². The lowest BCUT2D eigenvalue weighted by molar-refractivity contribution is 0.0913. The van der Waals surface area contributed by atoms with Crippen LogP contribution < -0.4 is 5.32 Å². The van der Waals surface area contributed by atoms with Gasteiger partial charge in [0.15, 0.2) is 5.96 Å². The Morgan fingerprint density at radius 3 is 2.80 bits per heavy atom. The number of benzene rings is 1. The van der Waals surface area contributed by atoms with E-state index in [1.165, 1.54) is 5.56 Å². The fourth-order valence-corrected chi connectivity index (χ4v) is 4.72. The Morgan fingerprint density at radius 1 is 1.36 bits per heavy atom. The molecule has 0 radical (unpaired) electrons. The van der Waals surface area contributed by atoms with Gasteiger partial charge in [-0.3, -0.25) is 4.99 Å². The van der Waals surface area contributed by atoms with Gasteiger partial charge < -0.3 is 15.0 Å². The van der Waals surface area contributed by atoms with E-state index in [2.05, 4.69) is 59.4 Å². The van der Waals surface area contributed by atoms with Gasteiger partial charge in [0.25, 0.3) is 0 Å². The summed E-state index contributed by atoms with van der Waals surface area (Å²) < 4.78 is 6.29. The zero-order valence-corrected chi connectivity index (χ0v) is 18.6. The average molecular weight is 475 g/mol. The Bertz CT molecular complexity index is 567. The van der Waals surface area contributed by atoms with E-state index >= 15 is 0 Å². The van der Waals surface area contributed by atoms with E-state index in [4.69, 9.17) is 4.74 Å². The van der Waals surface area contributed by atoms with Crippen molar-refractivity contribution in [3.8, 4) is 0 Å². The molecule has 1 N–H and O–H groups in total. The summed E-state index contributed by atoms with van der Waals surface area (Å²) in [5.74, 6) is 2.69. The number of guanidine groups is 1. The van der Waals surface area contributed by atoms with Gasteiger partial charge in [-0.1, -0.05) is 30.3 Å². The summed E-state index contributed by atoms with van der Waals surface area (Å²) in [6, 6.07) is 10.6. The molecule has 2 saturated heterocycles. The summed E-state index contributed by atoms with van der Waals surface area (Å²) in [4.78, 5) is 6.91. The van der Waals surface area contributed by atoms with Crippen LogP contribution in [0, 0.1) is 5.92 Å². The van der Waals surface area contributed by atoms with Crippen LogP contribution in [0.5, 0.6) is 0 Å². The van der Waals surface area contributed by atoms with Crippen LogP contribution in [0.1, 0.15) is 31.9 Å². The van der Waals surface area contributed by atoms with Crippen molar-refractivity contribution < 1.29 is 4.74 Å². The molecule has 1 aromatic carbocycles. The van der Waals surface area contributed by atoms with E-state index in [0.717, 1.165) is 44.4 Å². The molecule has 140 valence electrons. The number of hydrogen-bond acceptors (Lipinski definition) is 3. The van der Waals surface area contributed by atoms with Crippen LogP contribution in [0.3, 0.4) is 0 Å². The average Bonchev–Trinajstić information content (AvgIpc) is 3.04. The van der Waals surface area contributed by atoms with Crippen LogP contribution in [-0.4, -0.2) is 54.6 Å². The topological polar surface area (TPSA) is 36.9 Å². The first-order valence-electron chi connectivity index (χ1n) is 8.85. The maximum absolute atomic E-state index is 6.00. The van der Waals surface area contributed by atoms with E-state index in [9.17, 15) is 0 Å². The van der Waals surface area contributed by atoms with Crippen molar-refractivity contribution in [3.63, 3.8) is 0 Å². The van der Waals surface area contributed by atoms with E-state index in [-0.39, 0.29) is 30.1 Å². The predicted octanol–water partition coefficient (Wildman–Crippen LogP) is 3.79. The van der Waals surface area contributed by atoms with Crippen LogP contribution in [0.4, 0.5) is 0 Å². The Morgan fingerprint density at radius 2 is 2.12 bits per heavy atom. The fraction of sp³-hybridized carbons (Fsp3) is 0.632. The van der Waals surface area contributed by atoms with Crippen LogP contribution in [0.2, 0.25) is 0 Å². The highest BCUT2D eigenvalue weighted by molar-refractivity contribution is 14.0. The molecule has 2 unspecified atom stereocenters. The molecule has 0 aromatic heterocycles. The van der Waals surface area contributed by atoms with Gasteiger partial charge in [-0.2, -0.15) is 11.8 Å². The Kier molecular flexibility index (Phi) is 7.89. The SMILES string of the molecule is CN=C(NCC1CCOC1c1ccccc1)N1CCSC(C)(C)C1.I. The molecule has 2 aliphatic rings. The molecule has 2 aliphatic heterocycles. The first kappa shape index (κ1) is 20.8. The van der Waals surface area contributed by atoms with Crippen molar-refractivity contribution in [1.29, 1.82) is 0 Å². The van der Waals surface area contributed by atoms with Crippen molar-refractivity contribution in [3.05, 3.63) is 35.9 Å². The van der Waals surface area contributed by atoms with Crippen LogP contribution in [0.15, 0.2) is 35.3 Å². The molecule has 25 heavy (non-hydrogen) atoms. The third kappa shape index (κ3) is 5.50. The zero-order chi connectivity index (χ0) is 17.0. The smallest absolute Gasteiger partial charge is 0.193 e. The molecule has 4 nitrogen and oxygen atoms in total. The highest BCUT2D eigenvalue weighted by Gasteiger charge is 2.32. The minimum atomic E-state index is 0. The van der Waals surface area contributed by atoms with Crippen LogP contribution in [-0.2, 0) is 4.74 Å². The minimum absolute atomic E-state index is 0. The van der Waals surface area contributed by atoms with Gasteiger partial charge in [-0.05, 0) is 25.8 Å². The summed E-state index contributed by atoms with van der Waals surface area (Å²) in [7, 11) is 1.89. The summed E-state index contributed by atoms with van der Waals surface area (Å²) in [6.07, 6.45) is 1.30. The largest absolute Gasteiger partial charge is 0.373 e. The number of aliphatic imine (C=N–C) groups is 1. The Hall–Kier alpha value is -0.470. The molecule has 6 heteroatoms. The molecule has 1 aromatic rings. The Balaban J connectivity index is 0.00000225. The predicted molar refractivity (Wildman–Crippen MR) is 118 cm³/mol. The maximum Gasteiger partial charge on any atom is 0.193 e. The first-order chi connectivity index (χ1) is 11.6. The lowest BCUT2D eigenvalue weighted by Crippen LogP contribution is -2.51. The number of thioether (sulfide) groups is 1. The summed E-state index contributed by atoms with van der Waals surface area (Å²) in [5, 5.41) is 3.61. The first-order valence-corrected chi connectivity index (χ1v) is 9.84. The van der Waals surface area contributed by atoms with E-state index in [0.29, 0.717) is 10.7 Å². The maximum atomic E-state index is 6.00. The molecule has 0 amide bonds. The lowest BCUT2D eigenvalue weighted by Gasteiger charge is -2.39. The van der Waals surface area contributed by atoms with Crippen molar-refractivity contribution in [2.45, 2.75) is 31.1 Å². The van der Waals surface area contributed by atoms with Gasteiger partial charge in [0.05, 0.1) is 6.10 Å². The standard InChI is InChI=1S/C19H29N3OS.HI/c1-19(2)14-22(10-12-24-19)18(20-3)21-13-16-9-11-23-17(16)15-7-5-4-6-8-15;/h4-8,16-17H,9-14H2,1-3H3,(H,20,21);1H. The number of halogens is 1. The molecule has 2 fully saturated rings. The molecule has 0 bridgehead atoms. The summed E-state index contributed by atoms with van der Waals surface area (Å²) >= 11 is 2.05. The van der Waals surface area contributed by atoms with Gasteiger partial charge in [0, 0.05) is 49.7 Å². The molecular formula is C19H30IN3OS. The second-order valence-electron chi connectivity index (χ2n) is 7.21. The lowest BCUT2D eigenvalue weighted by atomic mass is 9.95. The Labute approximate surface area is 173 Å². The third-order valence-corrected chi connectivity index (χ3v) is 6.10. The number of ether oxygens (including phenoxy) is 1. The number of hydrogen-bond donors (Lipinski definition) is 1. The van der Waals surface area contributed by atoms with Crippen molar-refractivity contribution in [1.82, 2.24) is 10.2 Å². The van der Waals surface area contributed by atoms with Crippen molar-refractivity contribution >= 4 is 41.7 Å². The number of rotatable bonds is 3. The van der Waals surface area contributed by atoms with Crippen LogP contribution in [0.25, 0.3) is 0 Å². The second-order valence-corrected chi connectivity index (χ2v) is 9.01. The highest BCUT2D eigenvalue weighted by atomic mass is 127. The molecule has 3 rings (SSSR count). The quantitative estimate of drug-likeness (QED) is 0.410. The minimum Gasteiger partial charge on any atom is -0.373 e. The van der Waals surface area contributed by atoms with E-state index in [1.807, 2.05) is 18.8 Å². The molecule has 0 spiro atoms. The molecule has 2 atom stereocenters. The normalized spacial score (nSPS) is 26.2. The second kappa shape index (κ2) is 9.46. The third-order valence-electron chi connectivity index (χ3n) is 4.80.